The number of ether oxygens (including phenoxy) is 4. The Morgan fingerprint density at radius 3 is 1.52 bits per heavy atom. The van der Waals surface area contributed by atoms with E-state index < -0.39 is 18.0 Å². The first-order valence-corrected chi connectivity index (χ1v) is 21.7. The van der Waals surface area contributed by atoms with Crippen LogP contribution in [-0.2, 0) is 9.47 Å². The minimum Gasteiger partial charge on any atom is -0.490 e. The highest BCUT2D eigenvalue weighted by Gasteiger charge is 2.22. The maximum absolute atomic E-state index is 13.2. The van der Waals surface area contributed by atoms with Crippen LogP contribution in [-0.4, -0.2) is 31.8 Å². The van der Waals surface area contributed by atoms with Gasteiger partial charge in [-0.1, -0.05) is 120 Å². The van der Waals surface area contributed by atoms with Gasteiger partial charge in [0.05, 0.1) is 11.1 Å². The zero-order chi connectivity index (χ0) is 39.2. The van der Waals surface area contributed by atoms with Gasteiger partial charge in [0.1, 0.15) is 31.3 Å². The maximum atomic E-state index is 13.2. The van der Waals surface area contributed by atoms with Gasteiger partial charge in [0.25, 0.3) is 0 Å². The summed E-state index contributed by atoms with van der Waals surface area (Å²) in [5, 5.41) is 0. The molecule has 6 heteroatoms. The number of carbonyl (C=O) groups is 2. The second kappa shape index (κ2) is 24.3. The van der Waals surface area contributed by atoms with Gasteiger partial charge in [-0.05, 0) is 129 Å². The number of hydrogen-bond acceptors (Lipinski definition) is 6. The van der Waals surface area contributed by atoms with Crippen molar-refractivity contribution in [3.05, 3.63) is 120 Å². The summed E-state index contributed by atoms with van der Waals surface area (Å²) in [7, 11) is 0. The highest BCUT2D eigenvalue weighted by Crippen LogP contribution is 2.34. The molecule has 0 heterocycles. The van der Waals surface area contributed by atoms with Gasteiger partial charge in [-0.2, -0.15) is 0 Å². The van der Waals surface area contributed by atoms with Gasteiger partial charge >= 0.3 is 11.9 Å². The second-order valence-corrected chi connectivity index (χ2v) is 16.0. The van der Waals surface area contributed by atoms with Crippen molar-refractivity contribution in [2.75, 3.05) is 19.8 Å². The van der Waals surface area contributed by atoms with Gasteiger partial charge < -0.3 is 18.9 Å². The highest BCUT2D eigenvalue weighted by atomic mass is 16.6. The van der Waals surface area contributed by atoms with E-state index in [4.69, 9.17) is 18.9 Å². The van der Waals surface area contributed by atoms with Gasteiger partial charge in [-0.25, -0.2) is 9.59 Å². The van der Waals surface area contributed by atoms with Crippen LogP contribution in [0.1, 0.15) is 149 Å². The topological polar surface area (TPSA) is 71.1 Å². The first-order chi connectivity index (χ1) is 27.5. The van der Waals surface area contributed by atoms with Gasteiger partial charge in [0.15, 0.2) is 6.10 Å². The first kappa shape index (κ1) is 42.8. The van der Waals surface area contributed by atoms with E-state index in [9.17, 15) is 9.59 Å². The summed E-state index contributed by atoms with van der Waals surface area (Å²) in [4.78, 5) is 26.3. The summed E-state index contributed by atoms with van der Waals surface area (Å²) in [6.07, 6.45) is 29.4. The Bertz CT molecular complexity index is 1600. The Morgan fingerprint density at radius 2 is 1.05 bits per heavy atom. The molecule has 3 aromatic rings. The molecule has 6 nitrogen and oxygen atoms in total. The molecule has 2 aliphatic rings. The molecule has 2 aliphatic carbocycles. The molecule has 0 radical (unpaired) electrons. The number of unbranched alkanes of at least 4 members (excludes halogenated alkanes) is 4. The predicted molar refractivity (Wildman–Crippen MR) is 226 cm³/mol. The number of esters is 2. The summed E-state index contributed by atoms with van der Waals surface area (Å²) in [5.41, 5.74) is 1.53. The highest BCUT2D eigenvalue weighted by molar-refractivity contribution is 5.90. The molecule has 0 amide bonds. The summed E-state index contributed by atoms with van der Waals surface area (Å²) >= 11 is 0. The molecule has 0 saturated heterocycles. The van der Waals surface area contributed by atoms with Crippen LogP contribution in [0.15, 0.2) is 103 Å². The van der Waals surface area contributed by atoms with Crippen molar-refractivity contribution < 1.29 is 28.5 Å². The number of rotatable bonds is 22. The minimum absolute atomic E-state index is 0.119. The Kier molecular flexibility index (Phi) is 18.6. The molecule has 0 aromatic heterocycles. The monoisotopic (exact) mass is 762 g/mol. The van der Waals surface area contributed by atoms with Crippen LogP contribution in [0.25, 0.3) is 0 Å². The number of carbonyl (C=O) groups excluding carboxylic acids is 2. The van der Waals surface area contributed by atoms with Crippen LogP contribution >= 0.6 is 0 Å². The van der Waals surface area contributed by atoms with Crippen LogP contribution in [0, 0.1) is 23.7 Å². The van der Waals surface area contributed by atoms with Crippen molar-refractivity contribution in [3.8, 4) is 11.5 Å². The molecule has 56 heavy (non-hydrogen) atoms. The fourth-order valence-corrected chi connectivity index (χ4v) is 8.16. The maximum Gasteiger partial charge on any atom is 0.338 e. The molecule has 302 valence electrons. The normalized spacial score (nSPS) is 20.5. The molecule has 1 atom stereocenters. The molecule has 5 rings (SSSR count). The number of allylic oxidation sites excluding steroid dienone is 2. The SMILES string of the molecule is CCCCCC1CCC(C=CCOc2ccc(C(=O)OC[C@H](OC(=O)c3ccc(OCC=CC4CCC(CCCCC)CC4)cc3)c3ccccc3)cc2)CC1. The molecule has 2 fully saturated rings. The van der Waals surface area contributed by atoms with Crippen LogP contribution in [0.4, 0.5) is 0 Å². The third-order valence-electron chi connectivity index (χ3n) is 11.7. The lowest BCUT2D eigenvalue weighted by Gasteiger charge is -2.26. The van der Waals surface area contributed by atoms with E-state index in [2.05, 4.69) is 38.2 Å². The molecule has 0 N–H and O–H groups in total. The largest absolute Gasteiger partial charge is 0.490 e. The van der Waals surface area contributed by atoms with Crippen LogP contribution in [0.2, 0.25) is 0 Å². The predicted octanol–water partition coefficient (Wildman–Crippen LogP) is 13.1. The van der Waals surface area contributed by atoms with Crippen LogP contribution in [0.3, 0.4) is 0 Å². The Morgan fingerprint density at radius 1 is 0.589 bits per heavy atom. The summed E-state index contributed by atoms with van der Waals surface area (Å²) in [6.45, 7) is 5.42. The third kappa shape index (κ3) is 15.0. The fraction of sp³-hybridized carbons (Fsp3) is 0.520. The molecule has 0 unspecified atom stereocenters. The Balaban J connectivity index is 1.02. The van der Waals surface area contributed by atoms with Crippen molar-refractivity contribution in [2.24, 2.45) is 23.7 Å². The summed E-state index contributed by atoms with van der Waals surface area (Å²) < 4.78 is 23.4. The molecule has 0 spiro atoms. The Labute approximate surface area is 337 Å². The van der Waals surface area contributed by atoms with Gasteiger partial charge in [0, 0.05) is 0 Å². The fourth-order valence-electron chi connectivity index (χ4n) is 8.16. The molecule has 0 bridgehead atoms. The average Bonchev–Trinajstić information content (AvgIpc) is 3.24. The van der Waals surface area contributed by atoms with Crippen molar-refractivity contribution >= 4 is 11.9 Å². The van der Waals surface area contributed by atoms with E-state index in [1.807, 2.05) is 30.3 Å². The van der Waals surface area contributed by atoms with Crippen molar-refractivity contribution in [1.29, 1.82) is 0 Å². The van der Waals surface area contributed by atoms with E-state index in [-0.39, 0.29) is 6.61 Å². The smallest absolute Gasteiger partial charge is 0.338 e. The number of benzene rings is 3. The van der Waals surface area contributed by atoms with E-state index in [0.29, 0.717) is 47.7 Å². The standard InChI is InChI=1S/C50H66O6/c1-3-5-8-14-39-20-24-41(25-21-39)16-12-36-53-46-32-28-44(29-33-46)49(51)55-38-48(43-18-10-7-11-19-43)56-50(52)45-30-34-47(35-31-45)54-37-13-17-42-26-22-40(23-27-42)15-9-6-4-2/h7,10-13,16-19,28-35,39-42,48H,3-6,8-9,14-15,20-27,36-38H2,1-2H3/t39?,40?,41?,42?,48-/m0/s1. The molecular formula is C50H66O6. The zero-order valence-corrected chi connectivity index (χ0v) is 34.1. The van der Waals surface area contributed by atoms with E-state index >= 15 is 0 Å². The molecule has 0 aliphatic heterocycles. The lowest BCUT2D eigenvalue weighted by atomic mass is 9.79. The molecular weight excluding hydrogens is 697 g/mol. The lowest BCUT2D eigenvalue weighted by Crippen LogP contribution is -2.19. The molecule has 3 aromatic carbocycles. The van der Waals surface area contributed by atoms with E-state index in [1.165, 1.54) is 103 Å². The molecule has 2 saturated carbocycles. The van der Waals surface area contributed by atoms with E-state index in [1.54, 1.807) is 48.5 Å². The average molecular weight is 763 g/mol. The summed E-state index contributed by atoms with van der Waals surface area (Å²) in [5.74, 6) is 3.50. The van der Waals surface area contributed by atoms with Gasteiger partial charge in [-0.15, -0.1) is 0 Å². The quantitative estimate of drug-likeness (QED) is 0.0577. The second-order valence-electron chi connectivity index (χ2n) is 16.0. The summed E-state index contributed by atoms with van der Waals surface area (Å²) in [6, 6.07) is 23.3. The van der Waals surface area contributed by atoms with Crippen molar-refractivity contribution in [2.45, 2.75) is 123 Å². The minimum atomic E-state index is -0.773. The lowest BCUT2D eigenvalue weighted by molar-refractivity contribution is -0.00134. The number of hydrogen-bond donors (Lipinski definition) is 0. The van der Waals surface area contributed by atoms with Crippen molar-refractivity contribution in [3.63, 3.8) is 0 Å². The zero-order valence-electron chi connectivity index (χ0n) is 34.1. The first-order valence-electron chi connectivity index (χ1n) is 21.7. The van der Waals surface area contributed by atoms with Crippen LogP contribution in [0.5, 0.6) is 11.5 Å². The van der Waals surface area contributed by atoms with Gasteiger partial charge in [0.2, 0.25) is 0 Å². The van der Waals surface area contributed by atoms with Crippen LogP contribution < -0.4 is 9.47 Å². The van der Waals surface area contributed by atoms with Gasteiger partial charge in [-0.3, -0.25) is 0 Å². The Hall–Kier alpha value is -4.32. The third-order valence-corrected chi connectivity index (χ3v) is 11.7. The van der Waals surface area contributed by atoms with Crippen molar-refractivity contribution in [1.82, 2.24) is 0 Å². The van der Waals surface area contributed by atoms with E-state index in [0.717, 1.165) is 17.4 Å².